The Bertz CT molecular complexity index is 2570. The van der Waals surface area contributed by atoms with Crippen LogP contribution in [0.5, 0.6) is 0 Å². The van der Waals surface area contributed by atoms with Gasteiger partial charge >= 0.3 is 0 Å². The first-order chi connectivity index (χ1) is 29.0. The third kappa shape index (κ3) is 8.35. The largest absolute Gasteiger partial charge is 0.472 e. The molecule has 0 bridgehead atoms. The van der Waals surface area contributed by atoms with E-state index in [1.165, 1.54) is 18.7 Å². The number of carbonyl (C=O) groups excluding carboxylic acids is 3. The average Bonchev–Trinajstić information content (AvgIpc) is 4.14. The maximum atomic E-state index is 14.2. The smallest absolute Gasteiger partial charge is 0.279 e. The molecule has 3 atom stereocenters. The Balaban J connectivity index is 0.856. The van der Waals surface area contributed by atoms with Gasteiger partial charge in [0, 0.05) is 31.7 Å². The maximum Gasteiger partial charge on any atom is 0.279 e. The van der Waals surface area contributed by atoms with Crippen molar-refractivity contribution in [1.29, 1.82) is 0 Å². The number of rotatable bonds is 11. The van der Waals surface area contributed by atoms with E-state index in [-0.39, 0.29) is 23.9 Å². The Labute approximate surface area is 350 Å². The van der Waals surface area contributed by atoms with Gasteiger partial charge in [-0.15, -0.1) is 22.7 Å². The highest BCUT2D eigenvalue weighted by Crippen LogP contribution is 2.40. The monoisotopic (exact) mass is 815 g/mol. The summed E-state index contributed by atoms with van der Waals surface area (Å²) in [5, 5.41) is 1.90. The summed E-state index contributed by atoms with van der Waals surface area (Å²) in [5.74, 6) is -1.11. The number of thiazole rings is 2. The Kier molecular flexibility index (Phi) is 11.2. The first-order valence-corrected chi connectivity index (χ1v) is 21.5. The summed E-state index contributed by atoms with van der Waals surface area (Å²) in [6, 6.07) is 37.9. The van der Waals surface area contributed by atoms with Gasteiger partial charge in [0.25, 0.3) is 5.91 Å². The van der Waals surface area contributed by atoms with Crippen LogP contribution >= 0.6 is 22.7 Å². The molecule has 0 N–H and O–H groups in total. The number of likely N-dealkylation sites (tertiary alicyclic amines) is 2. The average molecular weight is 816 g/mol. The van der Waals surface area contributed by atoms with E-state index in [1.54, 1.807) is 28.7 Å². The van der Waals surface area contributed by atoms with Crippen molar-refractivity contribution in [2.45, 2.75) is 50.1 Å². The van der Waals surface area contributed by atoms with Gasteiger partial charge in [0.2, 0.25) is 11.8 Å². The number of benzene rings is 4. The van der Waals surface area contributed by atoms with Crippen LogP contribution in [0.2, 0.25) is 0 Å². The van der Waals surface area contributed by atoms with Crippen LogP contribution in [0.15, 0.2) is 150 Å². The molecule has 5 heterocycles. The summed E-state index contributed by atoms with van der Waals surface area (Å²) in [5.41, 5.74) is 6.56. The number of hydrogen-bond acceptors (Lipinski definition) is 8. The van der Waals surface area contributed by atoms with Gasteiger partial charge in [-0.05, 0) is 65.1 Å². The van der Waals surface area contributed by atoms with Crippen LogP contribution in [0.25, 0.3) is 32.0 Å². The molecule has 3 amide bonds. The highest BCUT2D eigenvalue weighted by Gasteiger charge is 2.36. The van der Waals surface area contributed by atoms with Crippen LogP contribution in [0, 0.1) is 0 Å². The van der Waals surface area contributed by atoms with Crippen molar-refractivity contribution in [3.63, 3.8) is 0 Å². The molecule has 7 aromatic rings. The van der Waals surface area contributed by atoms with E-state index in [9.17, 15) is 14.4 Å². The Morgan fingerprint density at radius 1 is 0.695 bits per heavy atom. The molecular formula is C48H41N5O4S2. The minimum absolute atomic E-state index is 0.0285. The van der Waals surface area contributed by atoms with Crippen LogP contribution in [0.4, 0.5) is 0 Å². The van der Waals surface area contributed by atoms with Crippen molar-refractivity contribution in [3.8, 4) is 32.0 Å². The number of amides is 3. The molecule has 9 rings (SSSR count). The maximum absolute atomic E-state index is 14.2. The first kappa shape index (κ1) is 38.2. The molecule has 9 nitrogen and oxygen atoms in total. The molecular weight excluding hydrogens is 775 g/mol. The van der Waals surface area contributed by atoms with Crippen LogP contribution in [-0.4, -0.2) is 56.8 Å². The molecule has 11 heteroatoms. The third-order valence-corrected chi connectivity index (χ3v) is 13.4. The number of aliphatic imine (C=N–C) groups is 1. The van der Waals surface area contributed by atoms with Crippen molar-refractivity contribution in [3.05, 3.63) is 167 Å². The highest BCUT2D eigenvalue weighted by molar-refractivity contribution is 7.15. The van der Waals surface area contributed by atoms with Gasteiger partial charge in [-0.3, -0.25) is 14.4 Å². The molecule has 0 saturated carbocycles. The Morgan fingerprint density at radius 2 is 1.24 bits per heavy atom. The molecule has 2 unspecified atom stereocenters. The SMILES string of the molecule is O=C(/N=C/C(C(=O)N1CCC[C@H]1c1ncc(-c2ccc(-c3ccc(-c4cnc(C5CCCN5C(=O)Cc5ccccc5)s4)cc3)cc2)s1)c1ccccc1)c1ccoc1. The van der Waals surface area contributed by atoms with Gasteiger partial charge in [0.1, 0.15) is 16.3 Å². The molecule has 2 fully saturated rings. The molecule has 2 aliphatic heterocycles. The van der Waals surface area contributed by atoms with Crippen molar-refractivity contribution in [2.75, 3.05) is 13.1 Å². The molecule has 4 aromatic carbocycles. The van der Waals surface area contributed by atoms with Crippen LogP contribution in [0.3, 0.4) is 0 Å². The molecule has 2 aliphatic rings. The number of aromatic nitrogens is 2. The molecule has 0 radical (unpaired) electrons. The lowest BCUT2D eigenvalue weighted by atomic mass is 9.98. The Hall–Kier alpha value is -6.30. The number of carbonyl (C=O) groups is 3. The zero-order valence-electron chi connectivity index (χ0n) is 32.2. The molecule has 2 saturated heterocycles. The van der Waals surface area contributed by atoms with Gasteiger partial charge in [0.05, 0.1) is 46.0 Å². The lowest BCUT2D eigenvalue weighted by molar-refractivity contribution is -0.132. The second kappa shape index (κ2) is 17.3. The zero-order valence-corrected chi connectivity index (χ0v) is 33.9. The topological polar surface area (TPSA) is 109 Å². The fraction of sp³-hybridized carbons (Fsp3) is 0.208. The van der Waals surface area contributed by atoms with Gasteiger partial charge in [0.15, 0.2) is 0 Å². The quantitative estimate of drug-likeness (QED) is 0.120. The van der Waals surface area contributed by atoms with Crippen molar-refractivity contribution >= 4 is 46.6 Å². The summed E-state index contributed by atoms with van der Waals surface area (Å²) >= 11 is 3.29. The Morgan fingerprint density at radius 3 is 1.81 bits per heavy atom. The van der Waals surface area contributed by atoms with E-state index < -0.39 is 11.8 Å². The number of nitrogens with zero attached hydrogens (tertiary/aromatic N) is 5. The highest BCUT2D eigenvalue weighted by atomic mass is 32.1. The standard InChI is InChI=1S/C48H41N5O4S2/c54-44(27-32-9-3-1-4-10-32)52-24-7-13-40(52)46-50-29-42(58-46)36-19-15-33(16-20-36)34-17-21-37(22-18-34)43-30-51-47(59-43)41-14-8-25-53(41)48(56)39(35-11-5-2-6-12-35)28-49-45(55)38-23-26-57-31-38/h1-6,9-12,15-23,26,28-31,39-41H,7-8,13-14,24-25,27H2/b49-28+/t39?,40?,41-/m0/s1. The van der Waals surface area contributed by atoms with E-state index in [4.69, 9.17) is 14.4 Å². The van der Waals surface area contributed by atoms with Crippen LogP contribution < -0.4 is 0 Å². The van der Waals surface area contributed by atoms with E-state index in [0.717, 1.165) is 85.4 Å². The van der Waals surface area contributed by atoms with Crippen molar-refractivity contribution < 1.29 is 18.8 Å². The zero-order chi connectivity index (χ0) is 40.1. The number of hydrogen-bond donors (Lipinski definition) is 0. The fourth-order valence-corrected chi connectivity index (χ4v) is 10.2. The van der Waals surface area contributed by atoms with Gasteiger partial charge in [-0.2, -0.15) is 0 Å². The second-order valence-electron chi connectivity index (χ2n) is 14.9. The molecule has 0 aliphatic carbocycles. The van der Waals surface area contributed by atoms with E-state index in [0.29, 0.717) is 18.5 Å². The van der Waals surface area contributed by atoms with Crippen molar-refractivity contribution in [2.24, 2.45) is 4.99 Å². The van der Waals surface area contributed by atoms with Gasteiger partial charge in [-0.1, -0.05) is 109 Å². The second-order valence-corrected chi connectivity index (χ2v) is 17.0. The number of furan rings is 1. The molecule has 0 spiro atoms. The summed E-state index contributed by atoms with van der Waals surface area (Å²) in [6.07, 6.45) is 12.1. The minimum atomic E-state index is -0.710. The third-order valence-electron chi connectivity index (χ3n) is 11.1. The predicted octanol–water partition coefficient (Wildman–Crippen LogP) is 10.5. The summed E-state index contributed by atoms with van der Waals surface area (Å²) in [7, 11) is 0. The lowest BCUT2D eigenvalue weighted by Gasteiger charge is -2.26. The summed E-state index contributed by atoms with van der Waals surface area (Å²) in [6.45, 7) is 1.38. The minimum Gasteiger partial charge on any atom is -0.472 e. The van der Waals surface area contributed by atoms with Crippen LogP contribution in [-0.2, 0) is 16.0 Å². The summed E-state index contributed by atoms with van der Waals surface area (Å²) in [4.78, 5) is 59.9. The van der Waals surface area contributed by atoms with E-state index in [2.05, 4.69) is 53.5 Å². The normalized spacial score (nSPS) is 17.2. The lowest BCUT2D eigenvalue weighted by Crippen LogP contribution is -2.35. The van der Waals surface area contributed by atoms with E-state index in [1.807, 2.05) is 82.9 Å². The van der Waals surface area contributed by atoms with Gasteiger partial charge in [-0.25, -0.2) is 15.0 Å². The first-order valence-electron chi connectivity index (χ1n) is 19.9. The van der Waals surface area contributed by atoms with Crippen LogP contribution in [0.1, 0.15) is 75.2 Å². The van der Waals surface area contributed by atoms with E-state index >= 15 is 0 Å². The van der Waals surface area contributed by atoms with Gasteiger partial charge < -0.3 is 14.2 Å². The predicted molar refractivity (Wildman–Crippen MR) is 232 cm³/mol. The summed E-state index contributed by atoms with van der Waals surface area (Å²) < 4.78 is 5.04. The molecule has 59 heavy (non-hydrogen) atoms. The molecule has 3 aromatic heterocycles. The van der Waals surface area contributed by atoms with Crippen molar-refractivity contribution in [1.82, 2.24) is 19.8 Å². The fourth-order valence-electron chi connectivity index (χ4n) is 8.02. The molecule has 294 valence electrons.